The molecule has 1 atom stereocenters. The summed E-state index contributed by atoms with van der Waals surface area (Å²) < 4.78 is 26.1. The van der Waals surface area contributed by atoms with Crippen LogP contribution in [0.15, 0.2) is 12.1 Å². The first kappa shape index (κ1) is 8.44. The molecule has 1 aliphatic heterocycles. The van der Waals surface area contributed by atoms with Crippen LogP contribution in [-0.4, -0.2) is 6.54 Å². The number of hydrazine groups is 1. The van der Waals surface area contributed by atoms with E-state index in [-0.39, 0.29) is 5.92 Å². The normalized spacial score (nSPS) is 20.6. The monoisotopic (exact) mass is 184 g/mol. The third kappa shape index (κ3) is 1.09. The fourth-order valence-electron chi connectivity index (χ4n) is 1.76. The molecule has 0 spiro atoms. The van der Waals surface area contributed by atoms with Crippen molar-refractivity contribution < 1.29 is 8.78 Å². The van der Waals surface area contributed by atoms with Crippen LogP contribution in [-0.2, 0) is 0 Å². The molecule has 70 valence electrons. The number of hydrogen-bond acceptors (Lipinski definition) is 2. The fourth-order valence-corrected chi connectivity index (χ4v) is 1.76. The van der Waals surface area contributed by atoms with Crippen molar-refractivity contribution in [3.05, 3.63) is 29.3 Å². The van der Waals surface area contributed by atoms with Gasteiger partial charge in [0.05, 0.1) is 5.69 Å². The number of hydrogen-bond donors (Lipinski definition) is 1. The highest BCUT2D eigenvalue weighted by Crippen LogP contribution is 2.36. The van der Waals surface area contributed by atoms with Gasteiger partial charge in [-0.3, -0.25) is 0 Å². The quantitative estimate of drug-likeness (QED) is 0.622. The van der Waals surface area contributed by atoms with Crippen LogP contribution >= 0.6 is 0 Å². The van der Waals surface area contributed by atoms with Crippen LogP contribution in [0.4, 0.5) is 14.5 Å². The zero-order valence-electron chi connectivity index (χ0n) is 7.22. The van der Waals surface area contributed by atoms with E-state index in [0.29, 0.717) is 17.8 Å². The number of fused-ring (bicyclic) bond motifs is 1. The molecule has 1 unspecified atom stereocenters. The first-order valence-electron chi connectivity index (χ1n) is 4.11. The predicted molar refractivity (Wildman–Crippen MR) is 46.3 cm³/mol. The van der Waals surface area contributed by atoms with Crippen molar-refractivity contribution in [1.82, 2.24) is 0 Å². The van der Waals surface area contributed by atoms with E-state index in [9.17, 15) is 8.78 Å². The molecule has 0 fully saturated rings. The van der Waals surface area contributed by atoms with Crippen molar-refractivity contribution in [2.45, 2.75) is 12.8 Å². The lowest BCUT2D eigenvalue weighted by molar-refractivity contribution is 0.497. The molecule has 1 aliphatic rings. The van der Waals surface area contributed by atoms with Gasteiger partial charge in [-0.25, -0.2) is 14.6 Å². The summed E-state index contributed by atoms with van der Waals surface area (Å²) in [5.41, 5.74) is 0.980. The summed E-state index contributed by atoms with van der Waals surface area (Å²) in [5, 5.41) is 1.45. The molecule has 0 aliphatic carbocycles. The van der Waals surface area contributed by atoms with Crippen molar-refractivity contribution in [2.75, 3.05) is 11.6 Å². The van der Waals surface area contributed by atoms with Crippen LogP contribution in [0.5, 0.6) is 0 Å². The lowest BCUT2D eigenvalue weighted by atomic mass is 10.0. The largest absolute Gasteiger partial charge is 0.310 e. The van der Waals surface area contributed by atoms with Crippen molar-refractivity contribution in [2.24, 2.45) is 5.84 Å². The molecule has 0 bridgehead atoms. The summed E-state index contributed by atoms with van der Waals surface area (Å²) in [6.07, 6.45) is 0. The summed E-state index contributed by atoms with van der Waals surface area (Å²) in [6.45, 7) is 2.37. The van der Waals surface area contributed by atoms with Gasteiger partial charge in [0.25, 0.3) is 0 Å². The first-order valence-corrected chi connectivity index (χ1v) is 4.11. The molecule has 1 heterocycles. The minimum atomic E-state index is -0.805. The Labute approximate surface area is 74.9 Å². The molecule has 0 aromatic heterocycles. The summed E-state index contributed by atoms with van der Waals surface area (Å²) in [7, 11) is 0. The van der Waals surface area contributed by atoms with Gasteiger partial charge in [0.2, 0.25) is 0 Å². The number of nitrogens with two attached hydrogens (primary N) is 1. The highest BCUT2D eigenvalue weighted by atomic mass is 19.2. The van der Waals surface area contributed by atoms with E-state index in [2.05, 4.69) is 0 Å². The predicted octanol–water partition coefficient (Wildman–Crippen LogP) is 1.76. The molecular weight excluding hydrogens is 174 g/mol. The molecule has 2 nitrogen and oxygen atoms in total. The second kappa shape index (κ2) is 2.67. The Bertz CT molecular complexity index is 352. The number of rotatable bonds is 0. The lowest BCUT2D eigenvalue weighted by Gasteiger charge is -2.10. The summed E-state index contributed by atoms with van der Waals surface area (Å²) in [5.74, 6) is 3.98. The van der Waals surface area contributed by atoms with Gasteiger partial charge >= 0.3 is 0 Å². The van der Waals surface area contributed by atoms with Crippen LogP contribution in [0.2, 0.25) is 0 Å². The maximum Gasteiger partial charge on any atom is 0.164 e. The SMILES string of the molecule is CC1CN(N)c2ccc(F)c(F)c21. The molecule has 0 saturated heterocycles. The Morgan fingerprint density at radius 3 is 2.85 bits per heavy atom. The van der Waals surface area contributed by atoms with Crippen LogP contribution in [0.1, 0.15) is 18.4 Å². The van der Waals surface area contributed by atoms with Gasteiger partial charge in [0.15, 0.2) is 11.6 Å². The van der Waals surface area contributed by atoms with Crippen LogP contribution in [0.3, 0.4) is 0 Å². The van der Waals surface area contributed by atoms with Gasteiger partial charge in [-0.05, 0) is 12.1 Å². The minimum absolute atomic E-state index is 0.0456. The van der Waals surface area contributed by atoms with Crippen LogP contribution in [0.25, 0.3) is 0 Å². The summed E-state index contributed by atoms with van der Waals surface area (Å²) >= 11 is 0. The zero-order valence-corrected chi connectivity index (χ0v) is 7.22. The third-order valence-corrected chi connectivity index (χ3v) is 2.38. The van der Waals surface area contributed by atoms with E-state index in [4.69, 9.17) is 5.84 Å². The minimum Gasteiger partial charge on any atom is -0.310 e. The second-order valence-electron chi connectivity index (χ2n) is 3.35. The molecule has 1 aromatic rings. The van der Waals surface area contributed by atoms with E-state index in [1.807, 2.05) is 6.92 Å². The first-order chi connectivity index (χ1) is 6.11. The topological polar surface area (TPSA) is 29.3 Å². The van der Waals surface area contributed by atoms with E-state index in [1.54, 1.807) is 0 Å². The smallest absolute Gasteiger partial charge is 0.164 e. The fraction of sp³-hybridized carbons (Fsp3) is 0.333. The summed E-state index contributed by atoms with van der Waals surface area (Å²) in [4.78, 5) is 0. The Balaban J connectivity index is 2.64. The van der Waals surface area contributed by atoms with Crippen molar-refractivity contribution in [3.63, 3.8) is 0 Å². The Kier molecular flexibility index (Phi) is 1.73. The van der Waals surface area contributed by atoms with E-state index in [0.717, 1.165) is 6.07 Å². The van der Waals surface area contributed by atoms with E-state index in [1.165, 1.54) is 11.1 Å². The van der Waals surface area contributed by atoms with E-state index < -0.39 is 11.6 Å². The van der Waals surface area contributed by atoms with Gasteiger partial charge in [-0.2, -0.15) is 0 Å². The maximum absolute atomic E-state index is 13.3. The average molecular weight is 184 g/mol. The van der Waals surface area contributed by atoms with Crippen molar-refractivity contribution in [1.29, 1.82) is 0 Å². The molecule has 4 heteroatoms. The molecule has 2 N–H and O–H groups in total. The van der Waals surface area contributed by atoms with Crippen molar-refractivity contribution in [3.8, 4) is 0 Å². The standard InChI is InChI=1S/C9H10F2N2/c1-5-4-13(12)7-3-2-6(10)9(11)8(5)7/h2-3,5H,4,12H2,1H3. The Morgan fingerprint density at radius 2 is 2.15 bits per heavy atom. The molecule has 13 heavy (non-hydrogen) atoms. The number of anilines is 1. The van der Waals surface area contributed by atoms with Crippen molar-refractivity contribution >= 4 is 5.69 Å². The molecule has 0 radical (unpaired) electrons. The highest BCUT2D eigenvalue weighted by molar-refractivity contribution is 5.59. The molecule has 0 saturated carbocycles. The van der Waals surface area contributed by atoms with Gasteiger partial charge in [-0.1, -0.05) is 6.92 Å². The van der Waals surface area contributed by atoms with E-state index >= 15 is 0 Å². The molecular formula is C9H10F2N2. The molecule has 0 amide bonds. The number of benzene rings is 1. The number of halogens is 2. The lowest BCUT2D eigenvalue weighted by Crippen LogP contribution is -2.28. The van der Waals surface area contributed by atoms with Crippen LogP contribution in [0, 0.1) is 11.6 Å². The van der Waals surface area contributed by atoms with Gasteiger partial charge in [0.1, 0.15) is 0 Å². The van der Waals surface area contributed by atoms with Crippen LogP contribution < -0.4 is 10.9 Å². The third-order valence-electron chi connectivity index (χ3n) is 2.38. The second-order valence-corrected chi connectivity index (χ2v) is 3.35. The Hall–Kier alpha value is -1.16. The number of nitrogens with zero attached hydrogens (tertiary/aromatic N) is 1. The maximum atomic E-state index is 13.3. The van der Waals surface area contributed by atoms with Gasteiger partial charge in [-0.15, -0.1) is 0 Å². The van der Waals surface area contributed by atoms with Gasteiger partial charge < -0.3 is 5.01 Å². The highest BCUT2D eigenvalue weighted by Gasteiger charge is 2.28. The molecule has 2 rings (SSSR count). The Morgan fingerprint density at radius 1 is 1.46 bits per heavy atom. The molecule has 1 aromatic carbocycles. The zero-order chi connectivity index (χ0) is 9.59. The average Bonchev–Trinajstić information content (AvgIpc) is 2.35. The van der Waals surface area contributed by atoms with Gasteiger partial charge in [0, 0.05) is 18.0 Å². The summed E-state index contributed by atoms with van der Waals surface area (Å²) in [6, 6.07) is 2.61.